The number of hydrogen-bond donors (Lipinski definition) is 1. The lowest BCUT2D eigenvalue weighted by atomic mass is 10.0. The van der Waals surface area contributed by atoms with E-state index < -0.39 is 11.9 Å². The predicted molar refractivity (Wildman–Crippen MR) is 78.9 cm³/mol. The van der Waals surface area contributed by atoms with Gasteiger partial charge in [0, 0.05) is 14.5 Å². The van der Waals surface area contributed by atoms with Crippen LogP contribution in [0.4, 0.5) is 4.39 Å². The minimum atomic E-state index is -1.04. The molecule has 0 heterocycles. The van der Waals surface area contributed by atoms with Crippen LogP contribution in [0.1, 0.15) is 17.2 Å². The summed E-state index contributed by atoms with van der Waals surface area (Å²) in [6.07, 6.45) is -1.04. The number of rotatable bonds is 3. The normalized spacial score (nSPS) is 12.3. The fraction of sp³-hybridized carbons (Fsp3) is 0.143. The molecule has 0 saturated heterocycles. The maximum Gasteiger partial charge on any atom is 0.171 e. The molecule has 0 aliphatic carbocycles. The summed E-state index contributed by atoms with van der Waals surface area (Å²) in [6, 6.07) is 9.97. The first-order valence-corrected chi connectivity index (χ1v) is 7.08. The minimum Gasteiger partial charge on any atom is -0.494 e. The molecule has 0 aromatic heterocycles. The van der Waals surface area contributed by atoms with Crippen LogP contribution in [0.3, 0.4) is 0 Å². The molecule has 0 bridgehead atoms. The van der Waals surface area contributed by atoms with Crippen LogP contribution in [-0.2, 0) is 0 Å². The molecule has 2 aromatic rings. The molecule has 0 radical (unpaired) electrons. The second kappa shape index (κ2) is 6.03. The number of methoxy groups -OCH3 is 1. The fourth-order valence-electron chi connectivity index (χ4n) is 1.76. The molecule has 5 heteroatoms. The third-order valence-corrected chi connectivity index (χ3v) is 4.65. The molecule has 0 saturated carbocycles. The molecular formula is C14H11Br2FO2. The molecule has 2 aromatic carbocycles. The Bertz CT molecular complexity index is 602. The zero-order chi connectivity index (χ0) is 14.0. The van der Waals surface area contributed by atoms with Gasteiger partial charge < -0.3 is 9.84 Å². The molecule has 1 N–H and O–H groups in total. The van der Waals surface area contributed by atoms with Crippen molar-refractivity contribution in [1.29, 1.82) is 0 Å². The molecule has 1 unspecified atom stereocenters. The third-order valence-electron chi connectivity index (χ3n) is 2.77. The van der Waals surface area contributed by atoms with Crippen LogP contribution in [0.15, 0.2) is 45.3 Å². The molecule has 19 heavy (non-hydrogen) atoms. The minimum absolute atomic E-state index is 0.118. The summed E-state index contributed by atoms with van der Waals surface area (Å²) in [5, 5.41) is 10.3. The van der Waals surface area contributed by atoms with E-state index in [-0.39, 0.29) is 11.3 Å². The second-order valence-electron chi connectivity index (χ2n) is 3.94. The fourth-order valence-corrected chi connectivity index (χ4v) is 2.40. The van der Waals surface area contributed by atoms with Crippen molar-refractivity contribution < 1.29 is 14.2 Å². The van der Waals surface area contributed by atoms with E-state index in [0.717, 1.165) is 8.95 Å². The van der Waals surface area contributed by atoms with Gasteiger partial charge in [-0.1, -0.05) is 18.2 Å². The van der Waals surface area contributed by atoms with E-state index in [2.05, 4.69) is 31.9 Å². The summed E-state index contributed by atoms with van der Waals surface area (Å²) < 4.78 is 20.7. The van der Waals surface area contributed by atoms with Gasteiger partial charge in [-0.2, -0.15) is 0 Å². The van der Waals surface area contributed by atoms with Crippen LogP contribution in [0.2, 0.25) is 0 Å². The number of halogens is 3. The first-order valence-electron chi connectivity index (χ1n) is 5.50. The van der Waals surface area contributed by atoms with Crippen molar-refractivity contribution in [2.45, 2.75) is 6.10 Å². The lowest BCUT2D eigenvalue weighted by Gasteiger charge is -2.14. The molecule has 0 aliphatic rings. The average Bonchev–Trinajstić information content (AvgIpc) is 2.41. The Hall–Kier alpha value is -0.910. The highest BCUT2D eigenvalue weighted by Crippen LogP contribution is 2.32. The highest BCUT2D eigenvalue weighted by atomic mass is 79.9. The largest absolute Gasteiger partial charge is 0.494 e. The SMILES string of the molecule is COc1cccc(C(O)c2ccc(Br)c(Br)c2)c1F. The Balaban J connectivity index is 2.43. The van der Waals surface area contributed by atoms with Crippen LogP contribution < -0.4 is 4.74 Å². The second-order valence-corrected chi connectivity index (χ2v) is 5.65. The number of aliphatic hydroxyl groups excluding tert-OH is 1. The van der Waals surface area contributed by atoms with Crippen LogP contribution in [0.25, 0.3) is 0 Å². The quantitative estimate of drug-likeness (QED) is 0.840. The Kier molecular flexibility index (Phi) is 4.60. The molecule has 0 fully saturated rings. The Morgan fingerprint density at radius 2 is 1.89 bits per heavy atom. The van der Waals surface area contributed by atoms with Gasteiger partial charge in [0.1, 0.15) is 6.10 Å². The Morgan fingerprint density at radius 3 is 2.53 bits per heavy atom. The predicted octanol–water partition coefficient (Wildman–Crippen LogP) is 4.44. The van der Waals surface area contributed by atoms with Crippen LogP contribution in [0, 0.1) is 5.82 Å². The lowest BCUT2D eigenvalue weighted by molar-refractivity contribution is 0.213. The maximum atomic E-state index is 14.1. The van der Waals surface area contributed by atoms with E-state index in [0.29, 0.717) is 5.56 Å². The van der Waals surface area contributed by atoms with Gasteiger partial charge in [0.2, 0.25) is 0 Å². The molecular weight excluding hydrogens is 379 g/mol. The van der Waals surface area contributed by atoms with Gasteiger partial charge >= 0.3 is 0 Å². The lowest BCUT2D eigenvalue weighted by Crippen LogP contribution is -2.04. The number of hydrogen-bond acceptors (Lipinski definition) is 2. The van der Waals surface area contributed by atoms with Crippen molar-refractivity contribution in [3.05, 3.63) is 62.3 Å². The summed E-state index contributed by atoms with van der Waals surface area (Å²) in [5.41, 5.74) is 0.788. The van der Waals surface area contributed by atoms with Gasteiger partial charge in [0.25, 0.3) is 0 Å². The maximum absolute atomic E-state index is 14.1. The molecule has 1 atom stereocenters. The molecule has 0 aliphatic heterocycles. The van der Waals surface area contributed by atoms with E-state index >= 15 is 0 Å². The topological polar surface area (TPSA) is 29.5 Å². The van der Waals surface area contributed by atoms with Gasteiger partial charge in [0.15, 0.2) is 11.6 Å². The van der Waals surface area contributed by atoms with Crippen molar-refractivity contribution >= 4 is 31.9 Å². The van der Waals surface area contributed by atoms with Crippen LogP contribution >= 0.6 is 31.9 Å². The number of benzene rings is 2. The zero-order valence-corrected chi connectivity index (χ0v) is 13.2. The Morgan fingerprint density at radius 1 is 1.16 bits per heavy atom. The monoisotopic (exact) mass is 388 g/mol. The van der Waals surface area contributed by atoms with Crippen molar-refractivity contribution in [2.75, 3.05) is 7.11 Å². The van der Waals surface area contributed by atoms with Crippen molar-refractivity contribution in [3.63, 3.8) is 0 Å². The van der Waals surface area contributed by atoms with Gasteiger partial charge in [-0.25, -0.2) is 4.39 Å². The number of aliphatic hydroxyl groups is 1. The van der Waals surface area contributed by atoms with Gasteiger partial charge in [-0.15, -0.1) is 0 Å². The summed E-state index contributed by atoms with van der Waals surface area (Å²) in [7, 11) is 1.39. The molecule has 2 nitrogen and oxygen atoms in total. The van der Waals surface area contributed by atoms with Crippen LogP contribution in [0.5, 0.6) is 5.75 Å². The summed E-state index contributed by atoms with van der Waals surface area (Å²) in [4.78, 5) is 0. The van der Waals surface area contributed by atoms with Crippen molar-refractivity contribution in [1.82, 2.24) is 0 Å². The molecule has 0 spiro atoms. The first-order chi connectivity index (χ1) is 9.04. The highest BCUT2D eigenvalue weighted by molar-refractivity contribution is 9.13. The molecule has 2 rings (SSSR count). The van der Waals surface area contributed by atoms with Gasteiger partial charge in [0.05, 0.1) is 7.11 Å². The summed E-state index contributed by atoms with van der Waals surface area (Å²) in [6.45, 7) is 0. The highest BCUT2D eigenvalue weighted by Gasteiger charge is 2.18. The standard InChI is InChI=1S/C14H11Br2FO2/c1-19-12-4-2-3-9(13(12)17)14(18)8-5-6-10(15)11(16)7-8/h2-7,14,18H,1H3. The molecule has 100 valence electrons. The Labute approximate surface area is 127 Å². The summed E-state index contributed by atoms with van der Waals surface area (Å²) in [5.74, 6) is -0.427. The van der Waals surface area contributed by atoms with Crippen molar-refractivity contribution in [3.8, 4) is 5.75 Å². The smallest absolute Gasteiger partial charge is 0.171 e. The van der Waals surface area contributed by atoms with E-state index in [1.807, 2.05) is 0 Å². The zero-order valence-electron chi connectivity index (χ0n) is 10.0. The summed E-state index contributed by atoms with van der Waals surface area (Å²) >= 11 is 6.71. The van der Waals surface area contributed by atoms with Gasteiger partial charge in [-0.05, 0) is 55.6 Å². The molecule has 0 amide bonds. The average molecular weight is 390 g/mol. The van der Waals surface area contributed by atoms with E-state index in [1.165, 1.54) is 13.2 Å². The first kappa shape index (κ1) is 14.5. The number of ether oxygens (including phenoxy) is 1. The van der Waals surface area contributed by atoms with E-state index in [4.69, 9.17) is 4.74 Å². The van der Waals surface area contributed by atoms with E-state index in [9.17, 15) is 9.50 Å². The third kappa shape index (κ3) is 2.99. The van der Waals surface area contributed by atoms with E-state index in [1.54, 1.807) is 30.3 Å². The van der Waals surface area contributed by atoms with Crippen molar-refractivity contribution in [2.24, 2.45) is 0 Å². The van der Waals surface area contributed by atoms with Crippen LogP contribution in [-0.4, -0.2) is 12.2 Å². The van der Waals surface area contributed by atoms with Gasteiger partial charge in [-0.3, -0.25) is 0 Å².